The molecule has 0 spiro atoms. The van der Waals surface area contributed by atoms with Crippen molar-refractivity contribution in [2.75, 3.05) is 5.32 Å². The van der Waals surface area contributed by atoms with Crippen LogP contribution in [0.2, 0.25) is 5.02 Å². The van der Waals surface area contributed by atoms with Gasteiger partial charge < -0.3 is 14.5 Å². The molecule has 0 fully saturated rings. The summed E-state index contributed by atoms with van der Waals surface area (Å²) in [6.07, 6.45) is 0. The van der Waals surface area contributed by atoms with Gasteiger partial charge in [-0.15, -0.1) is 0 Å². The molecule has 0 aliphatic heterocycles. The number of benzene rings is 2. The quantitative estimate of drug-likeness (QED) is 0.303. The van der Waals surface area contributed by atoms with E-state index in [1.54, 1.807) is 30.3 Å². The molecule has 0 saturated carbocycles. The number of hydrogen-bond acceptors (Lipinski definition) is 5. The summed E-state index contributed by atoms with van der Waals surface area (Å²) in [6, 6.07) is 12.6. The number of nitro benzene ring substituents is 1. The molecular weight excluding hydrogens is 519 g/mol. The molecule has 1 N–H and O–H groups in total. The molecule has 1 amide bonds. The lowest BCUT2D eigenvalue weighted by Gasteiger charge is -2.08. The first kappa shape index (κ1) is 20.4. The molecule has 0 unspecified atom stereocenters. The molecule has 0 aliphatic carbocycles. The molecule has 1 heterocycles. The van der Waals surface area contributed by atoms with E-state index in [1.807, 2.05) is 0 Å². The van der Waals surface area contributed by atoms with Crippen molar-refractivity contribution in [3.63, 3.8) is 0 Å². The summed E-state index contributed by atoms with van der Waals surface area (Å²) < 4.78 is 11.8. The van der Waals surface area contributed by atoms with Gasteiger partial charge in [-0.3, -0.25) is 14.9 Å². The van der Waals surface area contributed by atoms with Crippen LogP contribution in [0.4, 0.5) is 11.4 Å². The average Bonchev–Trinajstić information content (AvgIpc) is 3.13. The first-order valence-corrected chi connectivity index (χ1v) is 9.72. The Morgan fingerprint density at radius 1 is 1.14 bits per heavy atom. The molecule has 10 heteroatoms. The van der Waals surface area contributed by atoms with Crippen molar-refractivity contribution in [3.05, 3.63) is 84.1 Å². The third kappa shape index (κ3) is 4.92. The highest BCUT2D eigenvalue weighted by atomic mass is 79.9. The number of nitro groups is 1. The molecule has 0 aliphatic rings. The van der Waals surface area contributed by atoms with Crippen LogP contribution in [0, 0.1) is 10.1 Å². The molecule has 3 aromatic rings. The lowest BCUT2D eigenvalue weighted by molar-refractivity contribution is -0.385. The van der Waals surface area contributed by atoms with Gasteiger partial charge in [-0.2, -0.15) is 0 Å². The first-order chi connectivity index (χ1) is 13.3. The van der Waals surface area contributed by atoms with E-state index in [4.69, 9.17) is 20.8 Å². The Labute approximate surface area is 181 Å². The number of anilines is 1. The zero-order valence-corrected chi connectivity index (χ0v) is 17.9. The van der Waals surface area contributed by atoms with Crippen molar-refractivity contribution in [3.8, 4) is 5.75 Å². The highest BCUT2D eigenvalue weighted by molar-refractivity contribution is 9.11. The molecule has 3 rings (SSSR count). The average molecular weight is 531 g/mol. The second-order valence-corrected chi connectivity index (χ2v) is 7.65. The van der Waals surface area contributed by atoms with E-state index in [0.717, 1.165) is 0 Å². The number of rotatable bonds is 6. The lowest BCUT2D eigenvalue weighted by Crippen LogP contribution is -2.12. The Kier molecular flexibility index (Phi) is 6.38. The molecule has 7 nitrogen and oxygen atoms in total. The van der Waals surface area contributed by atoms with Gasteiger partial charge in [-0.05, 0) is 68.3 Å². The minimum absolute atomic E-state index is 0.0758. The second-order valence-electron chi connectivity index (χ2n) is 5.50. The minimum atomic E-state index is -0.527. The molecule has 28 heavy (non-hydrogen) atoms. The number of carbonyl (C=O) groups is 1. The van der Waals surface area contributed by atoms with Gasteiger partial charge in [0.05, 0.1) is 10.6 Å². The van der Waals surface area contributed by atoms with Crippen LogP contribution in [0.1, 0.15) is 16.3 Å². The van der Waals surface area contributed by atoms with Crippen molar-refractivity contribution < 1.29 is 18.9 Å². The zero-order chi connectivity index (χ0) is 20.3. The summed E-state index contributed by atoms with van der Waals surface area (Å²) in [5.74, 6) is 0.646. The van der Waals surface area contributed by atoms with Crippen molar-refractivity contribution in [1.29, 1.82) is 0 Å². The fourth-order valence-corrected chi connectivity index (χ4v) is 3.71. The van der Waals surface area contributed by atoms with Crippen LogP contribution >= 0.6 is 43.5 Å². The normalized spacial score (nSPS) is 10.5. The second kappa shape index (κ2) is 8.76. The fourth-order valence-electron chi connectivity index (χ4n) is 2.22. The molecule has 0 radical (unpaired) electrons. The van der Waals surface area contributed by atoms with E-state index >= 15 is 0 Å². The lowest BCUT2D eigenvalue weighted by atomic mass is 10.2. The van der Waals surface area contributed by atoms with E-state index in [2.05, 4.69) is 37.2 Å². The summed E-state index contributed by atoms with van der Waals surface area (Å²) >= 11 is 12.3. The predicted molar refractivity (Wildman–Crippen MR) is 111 cm³/mol. The number of nitrogens with zero attached hydrogens (tertiary/aromatic N) is 1. The summed E-state index contributed by atoms with van der Waals surface area (Å²) in [5, 5.41) is 14.1. The molecule has 2 aromatic carbocycles. The van der Waals surface area contributed by atoms with E-state index in [1.165, 1.54) is 18.2 Å². The van der Waals surface area contributed by atoms with E-state index in [0.29, 0.717) is 31.2 Å². The summed E-state index contributed by atoms with van der Waals surface area (Å²) in [4.78, 5) is 22.8. The molecule has 0 bridgehead atoms. The van der Waals surface area contributed by atoms with Gasteiger partial charge in [-0.1, -0.05) is 11.6 Å². The first-order valence-electron chi connectivity index (χ1n) is 7.75. The van der Waals surface area contributed by atoms with Crippen LogP contribution in [-0.2, 0) is 6.61 Å². The Bertz CT molecular complexity index is 1010. The maximum atomic E-state index is 12.4. The third-order valence-electron chi connectivity index (χ3n) is 3.56. The van der Waals surface area contributed by atoms with Crippen molar-refractivity contribution in [2.24, 2.45) is 0 Å². The molecule has 0 saturated heterocycles. The van der Waals surface area contributed by atoms with Gasteiger partial charge in [-0.25, -0.2) is 0 Å². The van der Waals surface area contributed by atoms with Crippen molar-refractivity contribution >= 4 is 60.7 Å². The van der Waals surface area contributed by atoms with E-state index < -0.39 is 10.8 Å². The van der Waals surface area contributed by atoms with Gasteiger partial charge in [0.15, 0.2) is 5.76 Å². The van der Waals surface area contributed by atoms with Crippen LogP contribution in [0.3, 0.4) is 0 Å². The molecule has 144 valence electrons. The van der Waals surface area contributed by atoms with Crippen LogP contribution in [0.15, 0.2) is 61.9 Å². The monoisotopic (exact) mass is 528 g/mol. The number of furan rings is 1. The van der Waals surface area contributed by atoms with Gasteiger partial charge in [0.2, 0.25) is 0 Å². The predicted octanol–water partition coefficient (Wildman–Crippen LogP) is 6.20. The summed E-state index contributed by atoms with van der Waals surface area (Å²) in [7, 11) is 0. The Morgan fingerprint density at radius 2 is 1.79 bits per heavy atom. The van der Waals surface area contributed by atoms with Crippen LogP contribution < -0.4 is 10.1 Å². The Hall–Kier alpha value is -2.36. The van der Waals surface area contributed by atoms with Crippen LogP contribution in [0.5, 0.6) is 5.75 Å². The summed E-state index contributed by atoms with van der Waals surface area (Å²) in [6.45, 7) is 0.139. The zero-order valence-electron chi connectivity index (χ0n) is 13.9. The highest BCUT2D eigenvalue weighted by Gasteiger charge is 2.18. The van der Waals surface area contributed by atoms with Gasteiger partial charge in [0, 0.05) is 26.1 Å². The molecule has 0 atom stereocenters. The number of carbonyl (C=O) groups excluding carboxylic acids is 1. The van der Waals surface area contributed by atoms with Crippen LogP contribution in [-0.4, -0.2) is 10.8 Å². The maximum Gasteiger partial charge on any atom is 0.291 e. The van der Waals surface area contributed by atoms with Gasteiger partial charge in [0.25, 0.3) is 11.6 Å². The van der Waals surface area contributed by atoms with Crippen molar-refractivity contribution in [2.45, 2.75) is 6.61 Å². The fraction of sp³-hybridized carbons (Fsp3) is 0.0556. The Morgan fingerprint density at radius 3 is 2.39 bits per heavy atom. The molecule has 1 aromatic heterocycles. The number of nitrogens with one attached hydrogen (secondary N) is 1. The number of amides is 1. The Balaban J connectivity index is 1.67. The summed E-state index contributed by atoms with van der Waals surface area (Å²) in [5.41, 5.74) is 0.238. The third-order valence-corrected chi connectivity index (χ3v) is 5.06. The van der Waals surface area contributed by atoms with Gasteiger partial charge in [0.1, 0.15) is 18.1 Å². The minimum Gasteiger partial charge on any atom is -0.486 e. The van der Waals surface area contributed by atoms with Gasteiger partial charge >= 0.3 is 0 Å². The number of halogens is 3. The maximum absolute atomic E-state index is 12.4. The number of ether oxygens (including phenoxy) is 1. The van der Waals surface area contributed by atoms with Crippen molar-refractivity contribution in [1.82, 2.24) is 0 Å². The largest absolute Gasteiger partial charge is 0.486 e. The molecular formula is C18H11Br2ClN2O5. The smallest absolute Gasteiger partial charge is 0.291 e. The van der Waals surface area contributed by atoms with Crippen LogP contribution in [0.25, 0.3) is 0 Å². The van der Waals surface area contributed by atoms with E-state index in [9.17, 15) is 14.9 Å². The topological polar surface area (TPSA) is 94.6 Å². The van der Waals surface area contributed by atoms with E-state index in [-0.39, 0.29) is 18.1 Å². The SMILES string of the molecule is O=C(Nc1c(Br)cc([N+](=O)[O-])cc1Br)c1ccc(COc2ccc(Cl)cc2)o1. The standard InChI is InChI=1S/C18H11Br2ClN2O5/c19-14-7-11(23(25)26)8-15(20)17(14)22-18(24)16-6-5-13(28-16)9-27-12-3-1-10(21)2-4-12/h1-8H,9H2,(H,22,24). The number of hydrogen-bond donors (Lipinski definition) is 1. The number of non-ortho nitro benzene ring substituents is 1. The highest BCUT2D eigenvalue weighted by Crippen LogP contribution is 2.35.